The standard InChI is InChI=1S/C9H18NO2.BF4/c1-5-6-9(11)12-8-7-10(2,3)4;2-1(3,4)5/h5-6H,7-8H2,1-4H3;/q+1;-1. The molecule has 102 valence electrons. The van der Waals surface area contributed by atoms with Crippen LogP contribution in [-0.4, -0.2) is 52.0 Å². The van der Waals surface area contributed by atoms with Gasteiger partial charge in [-0.3, -0.25) is 0 Å². The monoisotopic (exact) mass is 259 g/mol. The fraction of sp³-hybridized carbons (Fsp3) is 0.667. The lowest BCUT2D eigenvalue weighted by molar-refractivity contribution is -0.870. The molecule has 3 nitrogen and oxygen atoms in total. The van der Waals surface area contributed by atoms with E-state index in [9.17, 15) is 22.1 Å². The Labute approximate surface area is 98.7 Å². The minimum absolute atomic E-state index is 0.258. The van der Waals surface area contributed by atoms with Crippen LogP contribution in [0.4, 0.5) is 17.3 Å². The van der Waals surface area contributed by atoms with E-state index in [1.54, 1.807) is 13.0 Å². The Kier molecular flexibility index (Phi) is 8.74. The summed E-state index contributed by atoms with van der Waals surface area (Å²) in [5.74, 6) is -0.258. The van der Waals surface area contributed by atoms with Crippen molar-refractivity contribution in [3.8, 4) is 0 Å². The highest BCUT2D eigenvalue weighted by Gasteiger charge is 2.20. The van der Waals surface area contributed by atoms with Crippen LogP contribution in [-0.2, 0) is 9.53 Å². The van der Waals surface area contributed by atoms with Crippen LogP contribution in [0.2, 0.25) is 0 Å². The van der Waals surface area contributed by atoms with Gasteiger partial charge in [-0.05, 0) is 6.92 Å². The van der Waals surface area contributed by atoms with Gasteiger partial charge in [-0.1, -0.05) is 6.08 Å². The number of hydrogen-bond donors (Lipinski definition) is 0. The molecule has 0 bridgehead atoms. The average molecular weight is 259 g/mol. The van der Waals surface area contributed by atoms with Gasteiger partial charge < -0.3 is 26.5 Å². The smallest absolute Gasteiger partial charge is 0.457 e. The lowest BCUT2D eigenvalue weighted by Gasteiger charge is -2.23. The first-order valence-electron chi connectivity index (χ1n) is 4.93. The Morgan fingerprint density at radius 1 is 1.24 bits per heavy atom. The van der Waals surface area contributed by atoms with Crippen LogP contribution in [0.5, 0.6) is 0 Å². The molecule has 0 fully saturated rings. The van der Waals surface area contributed by atoms with E-state index in [0.717, 1.165) is 11.0 Å². The van der Waals surface area contributed by atoms with Crippen molar-refractivity contribution in [2.75, 3.05) is 34.3 Å². The van der Waals surface area contributed by atoms with E-state index in [-0.39, 0.29) is 5.97 Å². The lowest BCUT2D eigenvalue weighted by Crippen LogP contribution is -2.37. The molecule has 0 aliphatic heterocycles. The number of nitrogens with zero attached hydrogens (tertiary/aromatic N) is 1. The molecule has 0 aromatic rings. The number of halogens is 4. The SMILES string of the molecule is CC=CC(=O)OCC[N+](C)(C)C.F[B-](F)(F)F. The Bertz CT molecular complexity index is 242. The van der Waals surface area contributed by atoms with Gasteiger partial charge >= 0.3 is 13.2 Å². The Balaban J connectivity index is 0. The molecule has 0 aliphatic rings. The molecular weight excluding hydrogens is 241 g/mol. The second-order valence-corrected chi connectivity index (χ2v) is 4.18. The fourth-order valence-electron chi connectivity index (χ4n) is 0.604. The topological polar surface area (TPSA) is 26.3 Å². The van der Waals surface area contributed by atoms with Gasteiger partial charge in [0, 0.05) is 6.08 Å². The van der Waals surface area contributed by atoms with E-state index in [2.05, 4.69) is 21.1 Å². The second-order valence-electron chi connectivity index (χ2n) is 4.18. The number of carbonyl (C=O) groups is 1. The molecule has 0 amide bonds. The number of esters is 1. The van der Waals surface area contributed by atoms with E-state index in [1.807, 2.05) is 0 Å². The molecule has 0 aromatic carbocycles. The minimum Gasteiger partial charge on any atom is -0.457 e. The van der Waals surface area contributed by atoms with Crippen LogP contribution < -0.4 is 0 Å². The Hall–Kier alpha value is -1.05. The third-order valence-electron chi connectivity index (χ3n) is 1.31. The Morgan fingerprint density at radius 3 is 1.94 bits per heavy atom. The molecule has 17 heavy (non-hydrogen) atoms. The average Bonchev–Trinajstić information content (AvgIpc) is 1.98. The molecule has 0 aliphatic carbocycles. The molecular formula is C9H18BF4NO2. The largest absolute Gasteiger partial charge is 0.673 e. The third kappa shape index (κ3) is 31.3. The molecule has 0 spiro atoms. The summed E-state index contributed by atoms with van der Waals surface area (Å²) in [4.78, 5) is 10.8. The fourth-order valence-corrected chi connectivity index (χ4v) is 0.604. The summed E-state index contributed by atoms with van der Waals surface area (Å²) in [6.45, 7) is 3.11. The zero-order valence-corrected chi connectivity index (χ0v) is 10.4. The predicted molar refractivity (Wildman–Crippen MR) is 58.9 cm³/mol. The number of hydrogen-bond acceptors (Lipinski definition) is 2. The zero-order valence-electron chi connectivity index (χ0n) is 10.4. The molecule has 0 saturated carbocycles. The maximum atomic E-state index is 10.8. The quantitative estimate of drug-likeness (QED) is 0.254. The molecule has 0 saturated heterocycles. The van der Waals surface area contributed by atoms with Crippen molar-refractivity contribution >= 4 is 13.2 Å². The summed E-state index contributed by atoms with van der Waals surface area (Å²) >= 11 is 0. The summed E-state index contributed by atoms with van der Waals surface area (Å²) in [7, 11) is 0.177. The van der Waals surface area contributed by atoms with Crippen LogP contribution in [0.25, 0.3) is 0 Å². The van der Waals surface area contributed by atoms with Crippen molar-refractivity contribution in [2.24, 2.45) is 0 Å². The van der Waals surface area contributed by atoms with Crippen LogP contribution in [0.1, 0.15) is 6.92 Å². The molecule has 0 radical (unpaired) electrons. The first kappa shape index (κ1) is 18.3. The van der Waals surface area contributed by atoms with Gasteiger partial charge in [-0.2, -0.15) is 0 Å². The number of allylic oxidation sites excluding steroid dienone is 1. The summed E-state index contributed by atoms with van der Waals surface area (Å²) in [5.41, 5.74) is 0. The molecule has 8 heteroatoms. The predicted octanol–water partition coefficient (Wildman–Crippen LogP) is 2.11. The van der Waals surface area contributed by atoms with E-state index in [0.29, 0.717) is 6.61 Å². The first-order valence-corrected chi connectivity index (χ1v) is 4.93. The van der Waals surface area contributed by atoms with Crippen LogP contribution in [0, 0.1) is 0 Å². The van der Waals surface area contributed by atoms with Crippen LogP contribution in [0.3, 0.4) is 0 Å². The van der Waals surface area contributed by atoms with Crippen molar-refractivity contribution in [3.05, 3.63) is 12.2 Å². The molecule has 0 aromatic heterocycles. The number of carbonyl (C=O) groups excluding carboxylic acids is 1. The van der Waals surface area contributed by atoms with E-state index >= 15 is 0 Å². The van der Waals surface area contributed by atoms with Gasteiger partial charge in [0.1, 0.15) is 13.2 Å². The summed E-state index contributed by atoms with van der Waals surface area (Å²) in [5, 5.41) is 0. The third-order valence-corrected chi connectivity index (χ3v) is 1.31. The van der Waals surface area contributed by atoms with Crippen molar-refractivity contribution < 1.29 is 31.3 Å². The summed E-state index contributed by atoms with van der Waals surface area (Å²) in [6, 6.07) is 0. The van der Waals surface area contributed by atoms with Gasteiger partial charge in [-0.25, -0.2) is 4.79 Å². The number of quaternary nitrogens is 1. The van der Waals surface area contributed by atoms with Crippen molar-refractivity contribution in [3.63, 3.8) is 0 Å². The maximum Gasteiger partial charge on any atom is 0.673 e. The molecule has 0 rings (SSSR count). The highest BCUT2D eigenvalue weighted by molar-refractivity contribution is 6.50. The second kappa shape index (κ2) is 8.11. The number of likely N-dealkylation sites (N-methyl/N-ethyl adjacent to an activating group) is 1. The highest BCUT2D eigenvalue weighted by Crippen LogP contribution is 2.06. The lowest BCUT2D eigenvalue weighted by atomic mass is 10.3. The van der Waals surface area contributed by atoms with E-state index < -0.39 is 7.25 Å². The van der Waals surface area contributed by atoms with E-state index in [1.165, 1.54) is 6.08 Å². The normalized spacial score (nSPS) is 12.0. The molecule has 0 atom stereocenters. The minimum atomic E-state index is -6.00. The molecule has 0 N–H and O–H groups in total. The summed E-state index contributed by atoms with van der Waals surface area (Å²) in [6.07, 6.45) is 3.10. The highest BCUT2D eigenvalue weighted by atomic mass is 19.5. The number of rotatable bonds is 4. The summed E-state index contributed by atoms with van der Waals surface area (Å²) < 4.78 is 44.7. The van der Waals surface area contributed by atoms with E-state index in [4.69, 9.17) is 4.74 Å². The Morgan fingerprint density at radius 2 is 1.65 bits per heavy atom. The number of ether oxygens (including phenoxy) is 1. The van der Waals surface area contributed by atoms with Gasteiger partial charge in [0.2, 0.25) is 0 Å². The van der Waals surface area contributed by atoms with Crippen molar-refractivity contribution in [1.29, 1.82) is 0 Å². The van der Waals surface area contributed by atoms with Gasteiger partial charge in [0.05, 0.1) is 21.1 Å². The molecule has 0 unspecified atom stereocenters. The van der Waals surface area contributed by atoms with Crippen LogP contribution >= 0.6 is 0 Å². The maximum absolute atomic E-state index is 10.8. The van der Waals surface area contributed by atoms with Crippen LogP contribution in [0.15, 0.2) is 12.2 Å². The zero-order chi connectivity index (χ0) is 14.1. The van der Waals surface area contributed by atoms with Gasteiger partial charge in [0.25, 0.3) is 0 Å². The first-order chi connectivity index (χ1) is 7.45. The van der Waals surface area contributed by atoms with Gasteiger partial charge in [0.15, 0.2) is 0 Å². The molecule has 0 heterocycles. The van der Waals surface area contributed by atoms with Crippen molar-refractivity contribution in [1.82, 2.24) is 0 Å². The van der Waals surface area contributed by atoms with Crippen molar-refractivity contribution in [2.45, 2.75) is 6.92 Å². The van der Waals surface area contributed by atoms with Gasteiger partial charge in [-0.15, -0.1) is 0 Å².